The molecule has 1 aromatic heterocycles. The third-order valence-corrected chi connectivity index (χ3v) is 4.01. The van der Waals surface area contributed by atoms with Crippen molar-refractivity contribution in [1.82, 2.24) is 14.7 Å². The minimum Gasteiger partial charge on any atom is -0.481 e. The van der Waals surface area contributed by atoms with Crippen molar-refractivity contribution in [3.8, 4) is 0 Å². The average Bonchev–Trinajstić information content (AvgIpc) is 2.97. The third-order valence-electron chi connectivity index (χ3n) is 4.01. The van der Waals surface area contributed by atoms with Crippen molar-refractivity contribution in [2.75, 3.05) is 19.7 Å². The van der Waals surface area contributed by atoms with E-state index < -0.39 is 12.1 Å². The molecule has 0 bridgehead atoms. The monoisotopic (exact) mass is 309 g/mol. The zero-order chi connectivity index (χ0) is 16.1. The van der Waals surface area contributed by atoms with Gasteiger partial charge in [0.1, 0.15) is 5.69 Å². The minimum absolute atomic E-state index is 0.0877. The smallest absolute Gasteiger partial charge is 0.306 e. The molecular weight excluding hydrogens is 286 g/mol. The molecule has 1 saturated heterocycles. The van der Waals surface area contributed by atoms with Crippen molar-refractivity contribution in [1.29, 1.82) is 0 Å². The number of carboxylic acids is 1. The predicted molar refractivity (Wildman–Crippen MR) is 79.7 cm³/mol. The first-order valence-corrected chi connectivity index (χ1v) is 7.73. The molecule has 0 spiro atoms. The Balaban J connectivity index is 2.11. The van der Waals surface area contributed by atoms with Crippen LogP contribution in [0.1, 0.15) is 49.6 Å². The van der Waals surface area contributed by atoms with Crippen LogP contribution in [0.15, 0.2) is 12.3 Å². The molecule has 2 rings (SSSR count). The van der Waals surface area contributed by atoms with Crippen molar-refractivity contribution < 1.29 is 19.4 Å². The van der Waals surface area contributed by atoms with E-state index in [1.807, 2.05) is 0 Å². The van der Waals surface area contributed by atoms with Crippen molar-refractivity contribution in [2.45, 2.75) is 45.3 Å². The van der Waals surface area contributed by atoms with Crippen molar-refractivity contribution >= 4 is 11.9 Å². The van der Waals surface area contributed by atoms with E-state index in [-0.39, 0.29) is 18.4 Å². The number of amides is 1. The summed E-state index contributed by atoms with van der Waals surface area (Å²) in [5.41, 5.74) is 0.560. The topological polar surface area (TPSA) is 84.7 Å². The molecule has 122 valence electrons. The average molecular weight is 309 g/mol. The number of carbonyl (C=O) groups excluding carboxylic acids is 1. The first-order valence-electron chi connectivity index (χ1n) is 7.73. The summed E-state index contributed by atoms with van der Waals surface area (Å²) in [5, 5.41) is 13.1. The molecule has 2 heterocycles. The Bertz CT molecular complexity index is 525. The van der Waals surface area contributed by atoms with E-state index in [0.29, 0.717) is 25.4 Å². The van der Waals surface area contributed by atoms with Crippen LogP contribution in [-0.4, -0.2) is 57.5 Å². The molecule has 7 heteroatoms. The number of aliphatic carboxylic acids is 1. The second-order valence-electron chi connectivity index (χ2n) is 5.47. The maximum absolute atomic E-state index is 12.7. The molecule has 1 aliphatic rings. The molecule has 0 saturated carbocycles. The van der Waals surface area contributed by atoms with Crippen LogP contribution < -0.4 is 0 Å². The molecule has 0 aliphatic carbocycles. The van der Waals surface area contributed by atoms with Gasteiger partial charge < -0.3 is 14.7 Å². The second-order valence-corrected chi connectivity index (χ2v) is 5.47. The largest absolute Gasteiger partial charge is 0.481 e. The number of ether oxygens (including phenoxy) is 1. The summed E-state index contributed by atoms with van der Waals surface area (Å²) in [6.07, 6.45) is 2.92. The fourth-order valence-electron chi connectivity index (χ4n) is 2.79. The molecule has 1 N–H and O–H groups in total. The lowest BCUT2D eigenvalue weighted by Gasteiger charge is -2.32. The van der Waals surface area contributed by atoms with Crippen LogP contribution >= 0.6 is 0 Å². The maximum Gasteiger partial charge on any atom is 0.306 e. The van der Waals surface area contributed by atoms with Crippen molar-refractivity contribution in [2.24, 2.45) is 0 Å². The Hall–Kier alpha value is -1.89. The summed E-state index contributed by atoms with van der Waals surface area (Å²) < 4.78 is 7.19. The van der Waals surface area contributed by atoms with Gasteiger partial charge in [0.15, 0.2) is 0 Å². The molecule has 0 radical (unpaired) electrons. The molecule has 22 heavy (non-hydrogen) atoms. The Morgan fingerprint density at radius 3 is 2.82 bits per heavy atom. The van der Waals surface area contributed by atoms with Crippen molar-refractivity contribution in [3.05, 3.63) is 18.0 Å². The summed E-state index contributed by atoms with van der Waals surface area (Å²) >= 11 is 0. The van der Waals surface area contributed by atoms with E-state index in [2.05, 4.69) is 18.9 Å². The van der Waals surface area contributed by atoms with E-state index in [9.17, 15) is 9.59 Å². The van der Waals surface area contributed by atoms with Gasteiger partial charge in [-0.25, -0.2) is 0 Å². The van der Waals surface area contributed by atoms with Gasteiger partial charge in [-0.2, -0.15) is 5.10 Å². The zero-order valence-corrected chi connectivity index (χ0v) is 13.1. The third kappa shape index (κ3) is 3.65. The molecule has 1 fully saturated rings. The second kappa shape index (κ2) is 7.40. The SMILES string of the molecule is CCC(CC)n1nccc1C(=O)N1CCO[C@@H](CC(=O)O)C1. The summed E-state index contributed by atoms with van der Waals surface area (Å²) in [7, 11) is 0. The van der Waals surface area contributed by atoms with Gasteiger partial charge in [0.05, 0.1) is 25.2 Å². The first-order chi connectivity index (χ1) is 10.6. The lowest BCUT2D eigenvalue weighted by Crippen LogP contribution is -2.46. The fourth-order valence-corrected chi connectivity index (χ4v) is 2.79. The number of carbonyl (C=O) groups is 2. The number of hydrogen-bond donors (Lipinski definition) is 1. The minimum atomic E-state index is -0.915. The van der Waals surface area contributed by atoms with Gasteiger partial charge in [0.25, 0.3) is 5.91 Å². The molecule has 7 nitrogen and oxygen atoms in total. The van der Waals surface area contributed by atoms with Gasteiger partial charge in [-0.1, -0.05) is 13.8 Å². The van der Waals surface area contributed by atoms with Gasteiger partial charge in [0, 0.05) is 19.3 Å². The standard InChI is InChI=1S/C15H23N3O4/c1-3-11(4-2)18-13(5-6-16-18)15(21)17-7-8-22-12(10-17)9-14(19)20/h5-6,11-12H,3-4,7-10H2,1-2H3,(H,19,20)/t12-/m0/s1. The van der Waals surface area contributed by atoms with Gasteiger partial charge in [-0.05, 0) is 18.9 Å². The lowest BCUT2D eigenvalue weighted by molar-refractivity contribution is -0.141. The predicted octanol–water partition coefficient (Wildman–Crippen LogP) is 1.56. The Morgan fingerprint density at radius 2 is 2.18 bits per heavy atom. The highest BCUT2D eigenvalue weighted by Gasteiger charge is 2.28. The Labute approximate surface area is 129 Å². The molecule has 1 amide bonds. The normalized spacial score (nSPS) is 18.7. The number of morpholine rings is 1. The molecule has 0 unspecified atom stereocenters. The summed E-state index contributed by atoms with van der Waals surface area (Å²) in [6.45, 7) is 5.29. The zero-order valence-electron chi connectivity index (χ0n) is 13.1. The van der Waals surface area contributed by atoms with Gasteiger partial charge in [0.2, 0.25) is 0 Å². The van der Waals surface area contributed by atoms with Crippen LogP contribution in [0, 0.1) is 0 Å². The Morgan fingerprint density at radius 1 is 1.45 bits per heavy atom. The fraction of sp³-hybridized carbons (Fsp3) is 0.667. The van der Waals surface area contributed by atoms with E-state index in [1.165, 1.54) is 0 Å². The van der Waals surface area contributed by atoms with Gasteiger partial charge in [-0.3, -0.25) is 14.3 Å². The van der Waals surface area contributed by atoms with Crippen LogP contribution in [0.2, 0.25) is 0 Å². The number of rotatable bonds is 6. The first kappa shape index (κ1) is 16.5. The van der Waals surface area contributed by atoms with Crippen molar-refractivity contribution in [3.63, 3.8) is 0 Å². The van der Waals surface area contributed by atoms with E-state index >= 15 is 0 Å². The molecule has 1 atom stereocenters. The molecular formula is C15H23N3O4. The maximum atomic E-state index is 12.7. The van der Waals surface area contributed by atoms with E-state index in [1.54, 1.807) is 21.8 Å². The number of carboxylic acid groups (broad SMARTS) is 1. The van der Waals surface area contributed by atoms with E-state index in [0.717, 1.165) is 12.8 Å². The van der Waals surface area contributed by atoms with Crippen LogP contribution in [0.4, 0.5) is 0 Å². The quantitative estimate of drug-likeness (QED) is 0.862. The molecule has 1 aromatic rings. The summed E-state index contributed by atoms with van der Waals surface area (Å²) in [4.78, 5) is 25.2. The van der Waals surface area contributed by atoms with Crippen LogP contribution in [0.5, 0.6) is 0 Å². The number of hydrogen-bond acceptors (Lipinski definition) is 4. The lowest BCUT2D eigenvalue weighted by atomic mass is 10.1. The molecule has 0 aromatic carbocycles. The van der Waals surface area contributed by atoms with Crippen LogP contribution in [0.3, 0.4) is 0 Å². The van der Waals surface area contributed by atoms with Crippen LogP contribution in [-0.2, 0) is 9.53 Å². The molecule has 1 aliphatic heterocycles. The highest BCUT2D eigenvalue weighted by atomic mass is 16.5. The van der Waals surface area contributed by atoms with Gasteiger partial charge >= 0.3 is 5.97 Å². The highest BCUT2D eigenvalue weighted by Crippen LogP contribution is 2.19. The van der Waals surface area contributed by atoms with E-state index in [4.69, 9.17) is 9.84 Å². The number of aromatic nitrogens is 2. The highest BCUT2D eigenvalue weighted by molar-refractivity contribution is 5.92. The summed E-state index contributed by atoms with van der Waals surface area (Å²) in [5.74, 6) is -1.02. The van der Waals surface area contributed by atoms with Crippen LogP contribution in [0.25, 0.3) is 0 Å². The summed E-state index contributed by atoms with van der Waals surface area (Å²) in [6, 6.07) is 1.92. The van der Waals surface area contributed by atoms with Gasteiger partial charge in [-0.15, -0.1) is 0 Å². The number of nitrogens with zero attached hydrogens (tertiary/aromatic N) is 3. The Kier molecular flexibility index (Phi) is 5.54.